The number of nitrogens with zero attached hydrogens (tertiary/aromatic N) is 1. The average molecular weight is 301 g/mol. The summed E-state index contributed by atoms with van der Waals surface area (Å²) in [5.41, 5.74) is 0.982. The van der Waals surface area contributed by atoms with Crippen LogP contribution in [0.5, 0.6) is 0 Å². The molecule has 1 aromatic rings. The molecular weight excluding hydrogens is 279 g/mol. The lowest BCUT2D eigenvalue weighted by Gasteiger charge is -2.25. The van der Waals surface area contributed by atoms with E-state index < -0.39 is 0 Å². The van der Waals surface area contributed by atoms with Gasteiger partial charge in [0.25, 0.3) is 0 Å². The minimum Gasteiger partial charge on any atom is -0.383 e. The SMILES string of the molecule is COCCNCC1CCCN1Cc1ccc(Cl)c(F)c1. The van der Waals surface area contributed by atoms with Crippen LogP contribution in [0.15, 0.2) is 18.2 Å². The van der Waals surface area contributed by atoms with Gasteiger partial charge in [-0.1, -0.05) is 17.7 Å². The monoisotopic (exact) mass is 300 g/mol. The third-order valence-electron chi connectivity index (χ3n) is 3.73. The number of hydrogen-bond acceptors (Lipinski definition) is 3. The second-order valence-electron chi connectivity index (χ2n) is 5.21. The van der Waals surface area contributed by atoms with E-state index in [1.54, 1.807) is 13.2 Å². The Morgan fingerprint density at radius 2 is 2.35 bits per heavy atom. The van der Waals surface area contributed by atoms with Gasteiger partial charge in [-0.2, -0.15) is 0 Å². The fraction of sp³-hybridized carbons (Fsp3) is 0.600. The summed E-state index contributed by atoms with van der Waals surface area (Å²) in [6.07, 6.45) is 2.39. The summed E-state index contributed by atoms with van der Waals surface area (Å²) in [7, 11) is 1.71. The van der Waals surface area contributed by atoms with Gasteiger partial charge >= 0.3 is 0 Å². The van der Waals surface area contributed by atoms with Crippen molar-refractivity contribution in [3.63, 3.8) is 0 Å². The van der Waals surface area contributed by atoms with Crippen LogP contribution in [0.2, 0.25) is 5.02 Å². The van der Waals surface area contributed by atoms with E-state index in [0.29, 0.717) is 6.04 Å². The summed E-state index contributed by atoms with van der Waals surface area (Å²) in [6, 6.07) is 5.59. The molecule has 1 fully saturated rings. The van der Waals surface area contributed by atoms with Crippen LogP contribution in [0.4, 0.5) is 4.39 Å². The third-order valence-corrected chi connectivity index (χ3v) is 4.04. The molecule has 1 aliphatic heterocycles. The number of halogens is 2. The molecule has 1 heterocycles. The van der Waals surface area contributed by atoms with Crippen LogP contribution in [0.3, 0.4) is 0 Å². The Labute approximate surface area is 125 Å². The minimum absolute atomic E-state index is 0.188. The molecule has 0 saturated carbocycles. The Hall–Kier alpha value is -0.680. The Bertz CT molecular complexity index is 430. The zero-order valence-corrected chi connectivity index (χ0v) is 12.6. The molecule has 0 radical (unpaired) electrons. The molecule has 1 N–H and O–H groups in total. The highest BCUT2D eigenvalue weighted by Gasteiger charge is 2.24. The Morgan fingerprint density at radius 1 is 1.50 bits per heavy atom. The summed E-state index contributed by atoms with van der Waals surface area (Å²) in [5, 5.41) is 3.59. The highest BCUT2D eigenvalue weighted by molar-refractivity contribution is 6.30. The van der Waals surface area contributed by atoms with Crippen LogP contribution in [-0.2, 0) is 11.3 Å². The largest absolute Gasteiger partial charge is 0.383 e. The first-order valence-corrected chi connectivity index (χ1v) is 7.46. The van der Waals surface area contributed by atoms with Gasteiger partial charge in [-0.05, 0) is 37.1 Å². The fourth-order valence-corrected chi connectivity index (χ4v) is 2.77. The lowest BCUT2D eigenvalue weighted by Crippen LogP contribution is -2.38. The number of ether oxygens (including phenoxy) is 1. The Balaban J connectivity index is 1.85. The van der Waals surface area contributed by atoms with Crippen molar-refractivity contribution in [2.24, 2.45) is 0 Å². The van der Waals surface area contributed by atoms with Gasteiger partial charge in [-0.25, -0.2) is 4.39 Å². The molecule has 1 unspecified atom stereocenters. The lowest BCUT2D eigenvalue weighted by molar-refractivity contribution is 0.191. The van der Waals surface area contributed by atoms with Crippen molar-refractivity contribution < 1.29 is 9.13 Å². The van der Waals surface area contributed by atoms with Crippen LogP contribution in [0.25, 0.3) is 0 Å². The van der Waals surface area contributed by atoms with Gasteiger partial charge in [-0.3, -0.25) is 4.90 Å². The van der Waals surface area contributed by atoms with Crippen LogP contribution in [-0.4, -0.2) is 44.3 Å². The van der Waals surface area contributed by atoms with Crippen molar-refractivity contribution in [3.8, 4) is 0 Å². The number of benzene rings is 1. The van der Waals surface area contributed by atoms with Crippen LogP contribution in [0.1, 0.15) is 18.4 Å². The van der Waals surface area contributed by atoms with Crippen molar-refractivity contribution in [1.82, 2.24) is 10.2 Å². The quantitative estimate of drug-likeness (QED) is 0.784. The van der Waals surface area contributed by atoms with E-state index in [0.717, 1.165) is 38.3 Å². The predicted octanol–water partition coefficient (Wildman–Crippen LogP) is 2.68. The minimum atomic E-state index is -0.335. The van der Waals surface area contributed by atoms with E-state index >= 15 is 0 Å². The average Bonchev–Trinajstić information content (AvgIpc) is 2.86. The maximum Gasteiger partial charge on any atom is 0.142 e. The van der Waals surface area contributed by atoms with E-state index in [1.807, 2.05) is 6.07 Å². The van der Waals surface area contributed by atoms with Crippen LogP contribution >= 0.6 is 11.6 Å². The van der Waals surface area contributed by atoms with Gasteiger partial charge in [0.1, 0.15) is 5.82 Å². The number of nitrogens with one attached hydrogen (secondary N) is 1. The summed E-state index contributed by atoms with van der Waals surface area (Å²) >= 11 is 5.71. The van der Waals surface area contributed by atoms with Crippen LogP contribution in [0, 0.1) is 5.82 Å². The van der Waals surface area contributed by atoms with E-state index in [4.69, 9.17) is 16.3 Å². The molecule has 5 heteroatoms. The molecule has 0 amide bonds. The van der Waals surface area contributed by atoms with Crippen molar-refractivity contribution >= 4 is 11.6 Å². The molecule has 1 aromatic carbocycles. The molecule has 20 heavy (non-hydrogen) atoms. The van der Waals surface area contributed by atoms with Gasteiger partial charge in [0.15, 0.2) is 0 Å². The molecular formula is C15H22ClFN2O. The maximum absolute atomic E-state index is 13.5. The Morgan fingerprint density at radius 3 is 3.10 bits per heavy atom. The van der Waals surface area contributed by atoms with Gasteiger partial charge in [0.05, 0.1) is 11.6 Å². The molecule has 1 saturated heterocycles. The lowest BCUT2D eigenvalue weighted by atomic mass is 10.1. The Kier molecular flexibility index (Phi) is 6.23. The molecule has 0 spiro atoms. The number of rotatable bonds is 7. The zero-order chi connectivity index (χ0) is 14.4. The molecule has 3 nitrogen and oxygen atoms in total. The first-order valence-electron chi connectivity index (χ1n) is 7.08. The second kappa shape index (κ2) is 7.93. The van der Waals surface area contributed by atoms with E-state index in [1.165, 1.54) is 18.9 Å². The topological polar surface area (TPSA) is 24.5 Å². The molecule has 112 valence electrons. The van der Waals surface area contributed by atoms with E-state index in [2.05, 4.69) is 10.2 Å². The molecule has 0 bridgehead atoms. The third kappa shape index (κ3) is 4.42. The highest BCUT2D eigenvalue weighted by Crippen LogP contribution is 2.22. The van der Waals surface area contributed by atoms with Gasteiger partial charge in [-0.15, -0.1) is 0 Å². The summed E-state index contributed by atoms with van der Waals surface area (Å²) in [6.45, 7) is 4.41. The van der Waals surface area contributed by atoms with Gasteiger partial charge in [0, 0.05) is 32.8 Å². The number of hydrogen-bond donors (Lipinski definition) is 1. The fourth-order valence-electron chi connectivity index (χ4n) is 2.65. The molecule has 1 aliphatic rings. The van der Waals surface area contributed by atoms with Crippen LogP contribution < -0.4 is 5.32 Å². The highest BCUT2D eigenvalue weighted by atomic mass is 35.5. The molecule has 0 aliphatic carbocycles. The summed E-state index contributed by atoms with van der Waals surface area (Å²) in [4.78, 5) is 2.41. The molecule has 2 rings (SSSR count). The van der Waals surface area contributed by atoms with E-state index in [-0.39, 0.29) is 10.8 Å². The van der Waals surface area contributed by atoms with Crippen molar-refractivity contribution in [2.45, 2.75) is 25.4 Å². The molecule has 1 atom stereocenters. The van der Waals surface area contributed by atoms with E-state index in [9.17, 15) is 4.39 Å². The number of likely N-dealkylation sites (tertiary alicyclic amines) is 1. The second-order valence-corrected chi connectivity index (χ2v) is 5.62. The first kappa shape index (κ1) is 15.7. The zero-order valence-electron chi connectivity index (χ0n) is 11.9. The number of methoxy groups -OCH3 is 1. The summed E-state index contributed by atoms with van der Waals surface area (Å²) < 4.78 is 18.5. The molecule has 0 aromatic heterocycles. The van der Waals surface area contributed by atoms with Crippen molar-refractivity contribution in [3.05, 3.63) is 34.6 Å². The van der Waals surface area contributed by atoms with Crippen molar-refractivity contribution in [2.75, 3.05) is 33.4 Å². The van der Waals surface area contributed by atoms with Gasteiger partial charge < -0.3 is 10.1 Å². The predicted molar refractivity (Wildman–Crippen MR) is 79.6 cm³/mol. The maximum atomic E-state index is 13.5. The van der Waals surface area contributed by atoms with Crippen molar-refractivity contribution in [1.29, 1.82) is 0 Å². The standard InChI is InChI=1S/C15H22ClFN2O/c1-20-8-6-18-10-13-3-2-7-19(13)11-12-4-5-14(16)15(17)9-12/h4-5,9,13,18H,2-3,6-8,10-11H2,1H3. The smallest absolute Gasteiger partial charge is 0.142 e. The summed E-state index contributed by atoms with van der Waals surface area (Å²) in [5.74, 6) is -0.335. The van der Waals surface area contributed by atoms with Gasteiger partial charge in [0.2, 0.25) is 0 Å². The normalized spacial score (nSPS) is 19.6. The first-order chi connectivity index (χ1) is 9.70.